The number of amides is 2. The highest BCUT2D eigenvalue weighted by atomic mass is 35.5. The number of H-pyrrole nitrogens is 1. The van der Waals surface area contributed by atoms with Crippen molar-refractivity contribution in [2.24, 2.45) is 5.10 Å². The monoisotopic (exact) mass is 332 g/mol. The quantitative estimate of drug-likeness (QED) is 0.892. The van der Waals surface area contributed by atoms with E-state index in [0.717, 1.165) is 5.01 Å². The zero-order valence-corrected chi connectivity index (χ0v) is 13.0. The van der Waals surface area contributed by atoms with E-state index in [1.165, 1.54) is 7.05 Å². The number of carbonyl (C=O) groups excluding carboxylic acids is 2. The van der Waals surface area contributed by atoms with Gasteiger partial charge in [0.15, 0.2) is 5.82 Å². The smallest absolute Gasteiger partial charge is 0.274 e. The molecule has 118 valence electrons. The molecule has 0 saturated heterocycles. The first-order valence-corrected chi connectivity index (χ1v) is 7.25. The van der Waals surface area contributed by atoms with Crippen molar-refractivity contribution in [1.82, 2.24) is 20.2 Å². The Morgan fingerprint density at radius 2 is 2.13 bits per heavy atom. The van der Waals surface area contributed by atoms with E-state index >= 15 is 0 Å². The van der Waals surface area contributed by atoms with Crippen LogP contribution in [0.25, 0.3) is 11.4 Å². The van der Waals surface area contributed by atoms with Crippen molar-refractivity contribution in [3.05, 3.63) is 29.3 Å². The third kappa shape index (κ3) is 3.21. The number of halogens is 1. The van der Waals surface area contributed by atoms with Gasteiger partial charge in [0.1, 0.15) is 5.71 Å². The number of nitrogens with zero attached hydrogens (tertiary/aromatic N) is 4. The number of carbonyl (C=O) groups is 2. The molecule has 0 atom stereocenters. The third-order valence-corrected chi connectivity index (χ3v) is 3.64. The van der Waals surface area contributed by atoms with Crippen LogP contribution < -0.4 is 5.32 Å². The predicted octanol–water partition coefficient (Wildman–Crippen LogP) is 1.67. The Morgan fingerprint density at radius 3 is 2.87 bits per heavy atom. The first-order chi connectivity index (χ1) is 11.0. The van der Waals surface area contributed by atoms with E-state index in [-0.39, 0.29) is 30.4 Å². The molecule has 1 aromatic carbocycles. The van der Waals surface area contributed by atoms with Gasteiger partial charge in [-0.2, -0.15) is 10.1 Å². The third-order valence-electron chi connectivity index (χ3n) is 3.31. The van der Waals surface area contributed by atoms with Gasteiger partial charge in [0.05, 0.1) is 5.02 Å². The van der Waals surface area contributed by atoms with Crippen LogP contribution in [0.4, 0.5) is 5.95 Å². The molecule has 8 nitrogen and oxygen atoms in total. The highest BCUT2D eigenvalue weighted by molar-refractivity contribution is 6.43. The molecule has 1 aliphatic heterocycles. The summed E-state index contributed by atoms with van der Waals surface area (Å²) in [7, 11) is 1.51. The Morgan fingerprint density at radius 1 is 1.35 bits per heavy atom. The van der Waals surface area contributed by atoms with Gasteiger partial charge in [-0.15, -0.1) is 5.10 Å². The van der Waals surface area contributed by atoms with Gasteiger partial charge in [0.25, 0.3) is 5.91 Å². The van der Waals surface area contributed by atoms with Gasteiger partial charge < -0.3 is 0 Å². The molecule has 3 rings (SSSR count). The van der Waals surface area contributed by atoms with E-state index in [9.17, 15) is 9.59 Å². The molecule has 0 bridgehead atoms. The number of nitrogens with one attached hydrogen (secondary N) is 2. The molecule has 2 aromatic rings. The highest BCUT2D eigenvalue weighted by Crippen LogP contribution is 2.24. The highest BCUT2D eigenvalue weighted by Gasteiger charge is 2.23. The van der Waals surface area contributed by atoms with E-state index in [2.05, 4.69) is 25.6 Å². The molecular formula is C14H13ClN6O2. The summed E-state index contributed by atoms with van der Waals surface area (Å²) in [5.41, 5.74) is 0.943. The van der Waals surface area contributed by atoms with E-state index in [1.807, 2.05) is 12.1 Å². The first kappa shape index (κ1) is 15.2. The van der Waals surface area contributed by atoms with Gasteiger partial charge in [0, 0.05) is 25.5 Å². The van der Waals surface area contributed by atoms with E-state index < -0.39 is 5.91 Å². The van der Waals surface area contributed by atoms with Crippen LogP contribution in [0.5, 0.6) is 0 Å². The molecule has 0 unspecified atom stereocenters. The van der Waals surface area contributed by atoms with Crippen LogP contribution in [-0.4, -0.2) is 44.8 Å². The van der Waals surface area contributed by atoms with Crippen LogP contribution in [0.3, 0.4) is 0 Å². The maximum absolute atomic E-state index is 12.1. The molecule has 2 heterocycles. The number of anilines is 1. The van der Waals surface area contributed by atoms with E-state index in [0.29, 0.717) is 16.4 Å². The SMILES string of the molecule is CN1N=C(C(=O)Nc2n[nH]c(-c3ccccc3Cl)n2)CCC1=O. The fourth-order valence-electron chi connectivity index (χ4n) is 2.10. The Kier molecular flexibility index (Phi) is 4.07. The zero-order chi connectivity index (χ0) is 16.4. The van der Waals surface area contributed by atoms with Gasteiger partial charge in [-0.25, -0.2) is 5.01 Å². The molecule has 0 aliphatic carbocycles. The molecule has 9 heteroatoms. The lowest BCUT2D eigenvalue weighted by Gasteiger charge is -2.18. The van der Waals surface area contributed by atoms with Gasteiger partial charge >= 0.3 is 0 Å². The van der Waals surface area contributed by atoms with Crippen LogP contribution in [0.15, 0.2) is 29.4 Å². The molecule has 23 heavy (non-hydrogen) atoms. The molecule has 1 aromatic heterocycles. The molecule has 0 spiro atoms. The second kappa shape index (κ2) is 6.17. The largest absolute Gasteiger partial charge is 0.288 e. The topological polar surface area (TPSA) is 103 Å². The van der Waals surface area contributed by atoms with Gasteiger partial charge in [-0.1, -0.05) is 23.7 Å². The van der Waals surface area contributed by atoms with Crippen molar-refractivity contribution < 1.29 is 9.59 Å². The molecule has 0 fully saturated rings. The molecule has 0 saturated carbocycles. The summed E-state index contributed by atoms with van der Waals surface area (Å²) in [5.74, 6) is 0.00506. The average Bonchev–Trinajstić information content (AvgIpc) is 2.98. The summed E-state index contributed by atoms with van der Waals surface area (Å²) >= 11 is 6.09. The maximum Gasteiger partial charge on any atom is 0.274 e. The summed E-state index contributed by atoms with van der Waals surface area (Å²) in [6, 6.07) is 7.16. The summed E-state index contributed by atoms with van der Waals surface area (Å²) in [5, 5.41) is 14.8. The standard InChI is InChI=1S/C14H13ClN6O2/c1-21-11(22)7-6-10(20-21)13(23)17-14-16-12(18-19-14)8-4-2-3-5-9(8)15/h2-5H,6-7H2,1H3,(H2,16,17,18,19,23). The van der Waals surface area contributed by atoms with E-state index in [4.69, 9.17) is 11.6 Å². The summed E-state index contributed by atoms with van der Waals surface area (Å²) in [6.07, 6.45) is 0.540. The van der Waals surface area contributed by atoms with Crippen molar-refractivity contribution in [2.45, 2.75) is 12.8 Å². The van der Waals surface area contributed by atoms with Crippen LogP contribution in [-0.2, 0) is 9.59 Å². The Labute approximate surface area is 136 Å². The minimum absolute atomic E-state index is 0.118. The lowest BCUT2D eigenvalue weighted by atomic mass is 10.1. The molecule has 1 aliphatic rings. The molecular weight excluding hydrogens is 320 g/mol. The summed E-state index contributed by atoms with van der Waals surface area (Å²) < 4.78 is 0. The zero-order valence-electron chi connectivity index (χ0n) is 12.2. The molecule has 2 amide bonds. The van der Waals surface area contributed by atoms with Crippen molar-refractivity contribution in [3.8, 4) is 11.4 Å². The van der Waals surface area contributed by atoms with Gasteiger partial charge in [-0.3, -0.25) is 20.0 Å². The number of hydrogen-bond donors (Lipinski definition) is 2. The normalized spacial score (nSPS) is 14.6. The van der Waals surface area contributed by atoms with Crippen LogP contribution in [0.1, 0.15) is 12.8 Å². The van der Waals surface area contributed by atoms with Crippen LogP contribution in [0.2, 0.25) is 5.02 Å². The van der Waals surface area contributed by atoms with Gasteiger partial charge in [-0.05, 0) is 12.1 Å². The lowest BCUT2D eigenvalue weighted by molar-refractivity contribution is -0.130. The Balaban J connectivity index is 1.75. The number of rotatable bonds is 3. The second-order valence-corrected chi connectivity index (χ2v) is 5.31. The van der Waals surface area contributed by atoms with Crippen molar-refractivity contribution >= 4 is 35.1 Å². The fourth-order valence-corrected chi connectivity index (χ4v) is 2.32. The predicted molar refractivity (Wildman–Crippen MR) is 84.9 cm³/mol. The van der Waals surface area contributed by atoms with Crippen LogP contribution in [0, 0.1) is 0 Å². The minimum atomic E-state index is -0.436. The average molecular weight is 333 g/mol. The summed E-state index contributed by atoms with van der Waals surface area (Å²) in [4.78, 5) is 27.7. The number of benzene rings is 1. The van der Waals surface area contributed by atoms with Crippen molar-refractivity contribution in [1.29, 1.82) is 0 Å². The van der Waals surface area contributed by atoms with Crippen molar-refractivity contribution in [3.63, 3.8) is 0 Å². The minimum Gasteiger partial charge on any atom is -0.288 e. The Hall–Kier alpha value is -2.74. The van der Waals surface area contributed by atoms with Crippen molar-refractivity contribution in [2.75, 3.05) is 12.4 Å². The second-order valence-electron chi connectivity index (χ2n) is 4.91. The number of aromatic amines is 1. The maximum atomic E-state index is 12.1. The fraction of sp³-hybridized carbons (Fsp3) is 0.214. The number of hydrazone groups is 1. The van der Waals surface area contributed by atoms with E-state index in [1.54, 1.807) is 12.1 Å². The molecule has 0 radical (unpaired) electrons. The Bertz CT molecular complexity index is 800. The summed E-state index contributed by atoms with van der Waals surface area (Å²) in [6.45, 7) is 0. The van der Waals surface area contributed by atoms with Gasteiger partial charge in [0.2, 0.25) is 11.9 Å². The number of hydrogen-bond acceptors (Lipinski definition) is 5. The first-order valence-electron chi connectivity index (χ1n) is 6.87. The molecule has 2 N–H and O–H groups in total. The lowest BCUT2D eigenvalue weighted by Crippen LogP contribution is -2.34. The number of aromatic nitrogens is 3. The van der Waals surface area contributed by atoms with Crippen LogP contribution >= 0.6 is 11.6 Å².